The summed E-state index contributed by atoms with van der Waals surface area (Å²) in [5.74, 6) is -0.358. The molecule has 2 aromatic carbocycles. The average molecular weight is 365 g/mol. The molecular formula is C17H17ClN2O3S. The van der Waals surface area contributed by atoms with Gasteiger partial charge in [0, 0.05) is 4.90 Å². The molecule has 2 rings (SSSR count). The van der Waals surface area contributed by atoms with Gasteiger partial charge in [0.2, 0.25) is 0 Å². The second-order valence-electron chi connectivity index (χ2n) is 4.83. The lowest BCUT2D eigenvalue weighted by Gasteiger charge is -2.13. The van der Waals surface area contributed by atoms with E-state index in [0.29, 0.717) is 10.8 Å². The second-order valence-corrected chi connectivity index (χ2v) is 6.65. The second kappa shape index (κ2) is 9.20. The summed E-state index contributed by atoms with van der Waals surface area (Å²) in [4.78, 5) is 24.7. The average Bonchev–Trinajstić information content (AvgIpc) is 2.59. The number of rotatable bonds is 6. The lowest BCUT2D eigenvalue weighted by molar-refractivity contribution is -0.129. The molecule has 1 atom stereocenters. The van der Waals surface area contributed by atoms with Gasteiger partial charge < -0.3 is 4.74 Å². The van der Waals surface area contributed by atoms with Gasteiger partial charge in [-0.05, 0) is 31.2 Å². The monoisotopic (exact) mass is 364 g/mol. The van der Waals surface area contributed by atoms with Crippen molar-refractivity contribution in [3.8, 4) is 5.75 Å². The van der Waals surface area contributed by atoms with Crippen LogP contribution in [0.5, 0.6) is 5.75 Å². The number of ether oxygens (including phenoxy) is 1. The molecule has 0 saturated carbocycles. The lowest BCUT2D eigenvalue weighted by Crippen LogP contribution is -2.46. The number of carbonyl (C=O) groups excluding carboxylic acids is 2. The van der Waals surface area contributed by atoms with Crippen molar-refractivity contribution in [1.82, 2.24) is 10.9 Å². The summed E-state index contributed by atoms with van der Waals surface area (Å²) in [6.45, 7) is 1.52. The minimum Gasteiger partial charge on any atom is -0.482 e. The maximum atomic E-state index is 12.0. The van der Waals surface area contributed by atoms with Crippen LogP contribution in [0, 0.1) is 0 Å². The zero-order valence-electron chi connectivity index (χ0n) is 13.0. The fourth-order valence-corrected chi connectivity index (χ4v) is 2.81. The van der Waals surface area contributed by atoms with Crippen LogP contribution in [0.1, 0.15) is 6.92 Å². The molecule has 0 radical (unpaired) electrons. The number of hydrazine groups is 1. The van der Waals surface area contributed by atoms with E-state index in [-0.39, 0.29) is 17.8 Å². The van der Waals surface area contributed by atoms with Crippen molar-refractivity contribution in [2.45, 2.75) is 17.1 Å². The highest BCUT2D eigenvalue weighted by Crippen LogP contribution is 2.23. The number of halogens is 1. The number of benzene rings is 2. The molecule has 0 spiro atoms. The summed E-state index contributed by atoms with van der Waals surface area (Å²) >= 11 is 7.33. The van der Waals surface area contributed by atoms with Gasteiger partial charge in [0.25, 0.3) is 11.8 Å². The number of para-hydroxylation sites is 1. The van der Waals surface area contributed by atoms with Crippen LogP contribution < -0.4 is 15.6 Å². The molecule has 2 aromatic rings. The Morgan fingerprint density at radius 3 is 2.46 bits per heavy atom. The van der Waals surface area contributed by atoms with E-state index in [2.05, 4.69) is 10.9 Å². The number of thioether (sulfide) groups is 1. The Hall–Kier alpha value is -2.18. The molecule has 0 fully saturated rings. The zero-order valence-corrected chi connectivity index (χ0v) is 14.6. The van der Waals surface area contributed by atoms with Crippen LogP contribution in [0.15, 0.2) is 59.5 Å². The van der Waals surface area contributed by atoms with Crippen molar-refractivity contribution in [3.05, 3.63) is 59.6 Å². The minimum atomic E-state index is -0.472. The van der Waals surface area contributed by atoms with Gasteiger partial charge in [-0.1, -0.05) is 41.9 Å². The molecule has 0 aliphatic heterocycles. The minimum absolute atomic E-state index is 0.246. The SMILES string of the molecule is C[C@H](Sc1ccccc1)C(=O)NNC(=O)COc1ccccc1Cl. The third-order valence-electron chi connectivity index (χ3n) is 2.95. The van der Waals surface area contributed by atoms with Gasteiger partial charge in [-0.2, -0.15) is 0 Å². The van der Waals surface area contributed by atoms with Gasteiger partial charge >= 0.3 is 0 Å². The molecule has 0 saturated heterocycles. The van der Waals surface area contributed by atoms with Crippen molar-refractivity contribution in [1.29, 1.82) is 0 Å². The Labute approximate surface area is 149 Å². The van der Waals surface area contributed by atoms with Crippen LogP contribution in [0.2, 0.25) is 5.02 Å². The predicted octanol–water partition coefficient (Wildman–Crippen LogP) is 3.05. The van der Waals surface area contributed by atoms with E-state index in [1.165, 1.54) is 11.8 Å². The molecule has 0 heterocycles. The molecule has 5 nitrogen and oxygen atoms in total. The van der Waals surface area contributed by atoms with E-state index >= 15 is 0 Å². The molecule has 0 aliphatic rings. The Morgan fingerprint density at radius 1 is 1.08 bits per heavy atom. The summed E-state index contributed by atoms with van der Waals surface area (Å²) in [6.07, 6.45) is 0. The fourth-order valence-electron chi connectivity index (χ4n) is 1.73. The summed E-state index contributed by atoms with van der Waals surface area (Å²) in [6, 6.07) is 16.4. The number of carbonyl (C=O) groups is 2. The summed E-state index contributed by atoms with van der Waals surface area (Å²) in [5, 5.41) is 0.0689. The highest BCUT2D eigenvalue weighted by Gasteiger charge is 2.15. The first-order valence-electron chi connectivity index (χ1n) is 7.24. The Kier molecular flexibility index (Phi) is 6.96. The maximum absolute atomic E-state index is 12.0. The number of amides is 2. The van der Waals surface area contributed by atoms with Gasteiger partial charge in [0.15, 0.2) is 6.61 Å². The molecule has 7 heteroatoms. The predicted molar refractivity (Wildman–Crippen MR) is 95.0 cm³/mol. The smallest absolute Gasteiger partial charge is 0.276 e. The molecule has 0 aromatic heterocycles. The van der Waals surface area contributed by atoms with E-state index < -0.39 is 5.91 Å². The van der Waals surface area contributed by atoms with E-state index in [9.17, 15) is 9.59 Å². The molecule has 0 unspecified atom stereocenters. The quantitative estimate of drug-likeness (QED) is 0.610. The standard InChI is InChI=1S/C17H17ClN2O3S/c1-12(24-13-7-3-2-4-8-13)17(22)20-19-16(21)11-23-15-10-6-5-9-14(15)18/h2-10,12H,11H2,1H3,(H,19,21)(H,20,22)/t12-/m0/s1. The molecule has 2 amide bonds. The van der Waals surface area contributed by atoms with Crippen molar-refractivity contribution in [2.75, 3.05) is 6.61 Å². The van der Waals surface area contributed by atoms with Gasteiger partial charge in [-0.25, -0.2) is 0 Å². The topological polar surface area (TPSA) is 67.4 Å². The van der Waals surface area contributed by atoms with Gasteiger partial charge in [0.05, 0.1) is 10.3 Å². The van der Waals surface area contributed by atoms with Crippen LogP contribution in [0.4, 0.5) is 0 Å². The lowest BCUT2D eigenvalue weighted by atomic mass is 10.3. The first-order valence-corrected chi connectivity index (χ1v) is 8.50. The summed E-state index contributed by atoms with van der Waals surface area (Å²) in [7, 11) is 0. The van der Waals surface area contributed by atoms with Crippen molar-refractivity contribution in [3.63, 3.8) is 0 Å². The number of hydrogen-bond donors (Lipinski definition) is 2. The Bertz CT molecular complexity index is 697. The first kappa shape index (κ1) is 18.2. The van der Waals surface area contributed by atoms with Crippen molar-refractivity contribution >= 4 is 35.2 Å². The van der Waals surface area contributed by atoms with Gasteiger partial charge in [0.1, 0.15) is 5.75 Å². The van der Waals surface area contributed by atoms with Crippen LogP contribution in [0.3, 0.4) is 0 Å². The van der Waals surface area contributed by atoms with Gasteiger partial charge in [-0.15, -0.1) is 11.8 Å². The third kappa shape index (κ3) is 5.79. The molecule has 2 N–H and O–H groups in total. The van der Waals surface area contributed by atoms with Crippen LogP contribution in [-0.2, 0) is 9.59 Å². The zero-order chi connectivity index (χ0) is 17.4. The molecule has 0 bridgehead atoms. The molecule has 24 heavy (non-hydrogen) atoms. The van der Waals surface area contributed by atoms with E-state index in [1.54, 1.807) is 31.2 Å². The van der Waals surface area contributed by atoms with E-state index in [1.807, 2.05) is 30.3 Å². The van der Waals surface area contributed by atoms with Crippen molar-refractivity contribution < 1.29 is 14.3 Å². The van der Waals surface area contributed by atoms with E-state index in [4.69, 9.17) is 16.3 Å². The Balaban J connectivity index is 1.73. The highest BCUT2D eigenvalue weighted by molar-refractivity contribution is 8.00. The third-order valence-corrected chi connectivity index (χ3v) is 4.37. The molecular weight excluding hydrogens is 348 g/mol. The summed E-state index contributed by atoms with van der Waals surface area (Å²) in [5.41, 5.74) is 4.70. The van der Waals surface area contributed by atoms with Crippen LogP contribution in [0.25, 0.3) is 0 Å². The number of nitrogens with one attached hydrogen (secondary N) is 2. The fraction of sp³-hybridized carbons (Fsp3) is 0.176. The van der Waals surface area contributed by atoms with Gasteiger partial charge in [-0.3, -0.25) is 20.4 Å². The number of hydrogen-bond acceptors (Lipinski definition) is 4. The van der Waals surface area contributed by atoms with E-state index in [0.717, 1.165) is 4.90 Å². The highest BCUT2D eigenvalue weighted by atomic mass is 35.5. The van der Waals surface area contributed by atoms with Crippen molar-refractivity contribution in [2.24, 2.45) is 0 Å². The largest absolute Gasteiger partial charge is 0.482 e. The molecule has 126 valence electrons. The Morgan fingerprint density at radius 2 is 1.75 bits per heavy atom. The first-order chi connectivity index (χ1) is 11.6. The summed E-state index contributed by atoms with van der Waals surface area (Å²) < 4.78 is 5.29. The maximum Gasteiger partial charge on any atom is 0.276 e. The van der Waals surface area contributed by atoms with Crippen LogP contribution >= 0.6 is 23.4 Å². The normalized spacial score (nSPS) is 11.4. The molecule has 0 aliphatic carbocycles. The van der Waals surface area contributed by atoms with Crippen LogP contribution in [-0.4, -0.2) is 23.7 Å².